The number of hydrogen-bond acceptors (Lipinski definition) is 5. The number of anilines is 1. The molecule has 1 aliphatic rings. The fourth-order valence-electron chi connectivity index (χ4n) is 2.22. The quantitative estimate of drug-likeness (QED) is 0.811. The van der Waals surface area contributed by atoms with Crippen LogP contribution in [0.15, 0.2) is 18.3 Å². The van der Waals surface area contributed by atoms with Gasteiger partial charge in [0, 0.05) is 25.8 Å². The molecule has 2 heterocycles. The van der Waals surface area contributed by atoms with E-state index in [1.54, 1.807) is 12.1 Å². The van der Waals surface area contributed by atoms with Crippen LogP contribution in [0.1, 0.15) is 19.8 Å². The first-order chi connectivity index (χ1) is 10.0. The Morgan fingerprint density at radius 3 is 2.67 bits per heavy atom. The normalized spacial score (nSPS) is 17.6. The summed E-state index contributed by atoms with van der Waals surface area (Å²) >= 11 is 0. The van der Waals surface area contributed by atoms with E-state index >= 15 is 0 Å². The van der Waals surface area contributed by atoms with Gasteiger partial charge in [-0.15, -0.1) is 0 Å². The van der Waals surface area contributed by atoms with Gasteiger partial charge in [0.25, 0.3) is 0 Å². The third kappa shape index (κ3) is 4.29. The molecule has 1 aliphatic heterocycles. The molecule has 0 bridgehead atoms. The van der Waals surface area contributed by atoms with Crippen LogP contribution in [-0.4, -0.2) is 49.1 Å². The molecule has 2 rings (SSSR count). The molecule has 7 nitrogen and oxygen atoms in total. The maximum Gasteiger partial charge on any atom is 0.301 e. The molecule has 1 fully saturated rings. The van der Waals surface area contributed by atoms with Gasteiger partial charge >= 0.3 is 10.2 Å². The summed E-state index contributed by atoms with van der Waals surface area (Å²) < 4.78 is 33.6. The molecule has 0 atom stereocenters. The second-order valence-electron chi connectivity index (χ2n) is 4.95. The topological polar surface area (TPSA) is 91.8 Å². The highest BCUT2D eigenvalue weighted by Gasteiger charge is 2.27. The number of rotatable bonds is 6. The molecule has 0 radical (unpaired) electrons. The molecule has 2 N–H and O–H groups in total. The zero-order valence-electron chi connectivity index (χ0n) is 12.0. The summed E-state index contributed by atoms with van der Waals surface area (Å²) in [5.41, 5.74) is 0.405. The van der Waals surface area contributed by atoms with Crippen molar-refractivity contribution < 1.29 is 18.3 Å². The van der Waals surface area contributed by atoms with Crippen LogP contribution in [0, 0.1) is 5.92 Å². The van der Waals surface area contributed by atoms with Gasteiger partial charge in [0.1, 0.15) is 0 Å². The van der Waals surface area contributed by atoms with E-state index in [1.165, 1.54) is 10.5 Å². The number of pyridine rings is 1. The maximum absolute atomic E-state index is 12.3. The van der Waals surface area contributed by atoms with Crippen LogP contribution in [0.25, 0.3) is 0 Å². The summed E-state index contributed by atoms with van der Waals surface area (Å²) in [5, 5.41) is 9.08. The molecular formula is C13H21N3O4S. The Kier molecular flexibility index (Phi) is 5.38. The molecule has 0 amide bonds. The molecule has 0 aromatic carbocycles. The fraction of sp³-hybridized carbons (Fsp3) is 0.615. The Bertz CT molecular complexity index is 539. The first kappa shape index (κ1) is 16.0. The van der Waals surface area contributed by atoms with Crippen LogP contribution in [0.3, 0.4) is 0 Å². The van der Waals surface area contributed by atoms with Gasteiger partial charge in [-0.2, -0.15) is 12.7 Å². The van der Waals surface area contributed by atoms with Crippen molar-refractivity contribution in [3.63, 3.8) is 0 Å². The SMILES string of the molecule is CCOc1ccc(NS(=O)(=O)N2CCC(CO)CC2)cn1. The minimum atomic E-state index is -3.57. The van der Waals surface area contributed by atoms with Gasteiger partial charge in [-0.1, -0.05) is 0 Å². The lowest BCUT2D eigenvalue weighted by atomic mass is 10.00. The summed E-state index contributed by atoms with van der Waals surface area (Å²) in [5.74, 6) is 0.660. The number of nitrogens with zero attached hydrogens (tertiary/aromatic N) is 2. The van der Waals surface area contributed by atoms with E-state index < -0.39 is 10.2 Å². The summed E-state index contributed by atoms with van der Waals surface area (Å²) in [7, 11) is -3.57. The highest BCUT2D eigenvalue weighted by Crippen LogP contribution is 2.21. The molecule has 118 valence electrons. The molecule has 0 saturated carbocycles. The molecule has 1 aromatic rings. The summed E-state index contributed by atoms with van der Waals surface area (Å²) in [6, 6.07) is 3.25. The molecule has 1 saturated heterocycles. The van der Waals surface area contributed by atoms with Gasteiger partial charge in [-0.05, 0) is 31.7 Å². The molecule has 0 spiro atoms. The minimum Gasteiger partial charge on any atom is -0.478 e. The average molecular weight is 315 g/mol. The number of piperidine rings is 1. The molecule has 0 aliphatic carbocycles. The molecular weight excluding hydrogens is 294 g/mol. The standard InChI is InChI=1S/C13H21N3O4S/c1-2-20-13-4-3-12(9-14-13)15-21(18,19)16-7-5-11(10-17)6-8-16/h3-4,9,11,15,17H,2,5-8,10H2,1H3. The van der Waals surface area contributed by atoms with Crippen molar-refractivity contribution in [3.05, 3.63) is 18.3 Å². The van der Waals surface area contributed by atoms with Crippen LogP contribution < -0.4 is 9.46 Å². The van der Waals surface area contributed by atoms with Crippen LogP contribution in [0.5, 0.6) is 5.88 Å². The zero-order chi connectivity index (χ0) is 15.3. The Hall–Kier alpha value is -1.38. The zero-order valence-corrected chi connectivity index (χ0v) is 12.8. The van der Waals surface area contributed by atoms with Crippen LogP contribution >= 0.6 is 0 Å². The van der Waals surface area contributed by atoms with Gasteiger partial charge in [0.15, 0.2) is 0 Å². The largest absolute Gasteiger partial charge is 0.478 e. The van der Waals surface area contributed by atoms with Gasteiger partial charge < -0.3 is 9.84 Å². The van der Waals surface area contributed by atoms with Crippen LogP contribution in [-0.2, 0) is 10.2 Å². The number of ether oxygens (including phenoxy) is 1. The average Bonchev–Trinajstić information content (AvgIpc) is 2.49. The van der Waals surface area contributed by atoms with Crippen LogP contribution in [0.4, 0.5) is 5.69 Å². The number of nitrogens with one attached hydrogen (secondary N) is 1. The fourth-order valence-corrected chi connectivity index (χ4v) is 3.46. The van der Waals surface area contributed by atoms with E-state index in [4.69, 9.17) is 9.84 Å². The Morgan fingerprint density at radius 2 is 2.14 bits per heavy atom. The Balaban J connectivity index is 1.97. The van der Waals surface area contributed by atoms with Crippen LogP contribution in [0.2, 0.25) is 0 Å². The van der Waals surface area contributed by atoms with Gasteiger partial charge in [-0.25, -0.2) is 4.98 Å². The maximum atomic E-state index is 12.3. The van der Waals surface area contributed by atoms with Gasteiger partial charge in [-0.3, -0.25) is 4.72 Å². The van der Waals surface area contributed by atoms with E-state index in [1.807, 2.05) is 6.92 Å². The van der Waals surface area contributed by atoms with E-state index in [9.17, 15) is 8.42 Å². The predicted octanol–water partition coefficient (Wildman–Crippen LogP) is 0.841. The highest BCUT2D eigenvalue weighted by molar-refractivity contribution is 7.90. The lowest BCUT2D eigenvalue weighted by Crippen LogP contribution is -2.42. The number of aliphatic hydroxyl groups is 1. The Labute approximate surface area is 125 Å². The number of aliphatic hydroxyl groups excluding tert-OH is 1. The van der Waals surface area contributed by atoms with E-state index in [0.717, 1.165) is 0 Å². The predicted molar refractivity (Wildman–Crippen MR) is 79.3 cm³/mol. The van der Waals surface area contributed by atoms with Crippen molar-refractivity contribution in [3.8, 4) is 5.88 Å². The van der Waals surface area contributed by atoms with Crippen molar-refractivity contribution in [2.45, 2.75) is 19.8 Å². The van der Waals surface area contributed by atoms with Gasteiger partial charge in [0.2, 0.25) is 5.88 Å². The molecule has 1 aromatic heterocycles. The second kappa shape index (κ2) is 7.06. The van der Waals surface area contributed by atoms with E-state index in [0.29, 0.717) is 44.1 Å². The Morgan fingerprint density at radius 1 is 1.43 bits per heavy atom. The van der Waals surface area contributed by atoms with Crippen molar-refractivity contribution >= 4 is 15.9 Å². The summed E-state index contributed by atoms with van der Waals surface area (Å²) in [4.78, 5) is 4.02. The monoisotopic (exact) mass is 315 g/mol. The first-order valence-electron chi connectivity index (χ1n) is 7.02. The van der Waals surface area contributed by atoms with Gasteiger partial charge in [0.05, 0.1) is 18.5 Å². The van der Waals surface area contributed by atoms with Crippen molar-refractivity contribution in [2.75, 3.05) is 31.0 Å². The van der Waals surface area contributed by atoms with E-state index in [2.05, 4.69) is 9.71 Å². The number of aromatic nitrogens is 1. The second-order valence-corrected chi connectivity index (χ2v) is 6.62. The highest BCUT2D eigenvalue weighted by atomic mass is 32.2. The molecule has 8 heteroatoms. The third-order valence-electron chi connectivity index (χ3n) is 3.45. The van der Waals surface area contributed by atoms with Crippen molar-refractivity contribution in [1.29, 1.82) is 0 Å². The smallest absolute Gasteiger partial charge is 0.301 e. The molecule has 21 heavy (non-hydrogen) atoms. The third-order valence-corrected chi connectivity index (χ3v) is 4.99. The lowest BCUT2D eigenvalue weighted by molar-refractivity contribution is 0.170. The summed E-state index contributed by atoms with van der Waals surface area (Å²) in [6.45, 7) is 3.33. The lowest BCUT2D eigenvalue weighted by Gasteiger charge is -2.30. The van der Waals surface area contributed by atoms with E-state index in [-0.39, 0.29) is 12.5 Å². The minimum absolute atomic E-state index is 0.115. The first-order valence-corrected chi connectivity index (χ1v) is 8.46. The molecule has 0 unspecified atom stereocenters. The van der Waals surface area contributed by atoms with Crippen molar-refractivity contribution in [2.24, 2.45) is 5.92 Å². The summed E-state index contributed by atoms with van der Waals surface area (Å²) in [6.07, 6.45) is 2.79. The number of hydrogen-bond donors (Lipinski definition) is 2. The van der Waals surface area contributed by atoms with Crippen molar-refractivity contribution in [1.82, 2.24) is 9.29 Å².